The van der Waals surface area contributed by atoms with Crippen molar-refractivity contribution < 1.29 is 0 Å². The lowest BCUT2D eigenvalue weighted by atomic mass is 9.95. The van der Waals surface area contributed by atoms with E-state index in [0.29, 0.717) is 10.6 Å². The van der Waals surface area contributed by atoms with E-state index < -0.39 is 0 Å². The van der Waals surface area contributed by atoms with E-state index in [9.17, 15) is 0 Å². The molecule has 1 aromatic heterocycles. The van der Waals surface area contributed by atoms with Gasteiger partial charge in [0.05, 0.1) is 10.7 Å². The Hall–Kier alpha value is -1.21. The molecule has 0 bridgehead atoms. The van der Waals surface area contributed by atoms with Crippen LogP contribution in [0.4, 0.5) is 10.7 Å². The molecule has 0 amide bonds. The fourth-order valence-corrected chi connectivity index (χ4v) is 3.08. The van der Waals surface area contributed by atoms with Gasteiger partial charge in [0.2, 0.25) is 0 Å². The van der Waals surface area contributed by atoms with E-state index in [2.05, 4.69) is 24.8 Å². The zero-order valence-electron chi connectivity index (χ0n) is 9.73. The number of nitrogens with zero attached hydrogens (tertiary/aromatic N) is 2. The third kappa shape index (κ3) is 2.00. The van der Waals surface area contributed by atoms with Crippen LogP contribution in [0.15, 0.2) is 6.07 Å². The molecule has 16 heavy (non-hydrogen) atoms. The Bertz CT molecular complexity index is 416. The van der Waals surface area contributed by atoms with Crippen molar-refractivity contribution in [3.8, 4) is 6.07 Å². The summed E-state index contributed by atoms with van der Waals surface area (Å²) in [5.41, 5.74) is 6.40. The molecule has 0 saturated carbocycles. The number of nitrogen functional groups attached to an aromatic ring is 1. The molecule has 2 rings (SSSR count). The molecule has 2 N–H and O–H groups in total. The molecule has 0 aliphatic carbocycles. The topological polar surface area (TPSA) is 53.0 Å². The average Bonchev–Trinajstić information content (AvgIpc) is 2.83. The highest BCUT2D eigenvalue weighted by Gasteiger charge is 2.26. The minimum absolute atomic E-state index is 0.621. The number of nitriles is 1. The van der Waals surface area contributed by atoms with Gasteiger partial charge in [-0.05, 0) is 24.3 Å². The Morgan fingerprint density at radius 3 is 2.88 bits per heavy atom. The van der Waals surface area contributed by atoms with Gasteiger partial charge in [0.1, 0.15) is 10.9 Å². The first-order chi connectivity index (χ1) is 7.61. The highest BCUT2D eigenvalue weighted by molar-refractivity contribution is 7.17. The summed E-state index contributed by atoms with van der Waals surface area (Å²) < 4.78 is 0. The zero-order valence-corrected chi connectivity index (χ0v) is 10.5. The molecule has 1 aromatic rings. The van der Waals surface area contributed by atoms with Crippen LogP contribution in [0.3, 0.4) is 0 Å². The lowest BCUT2D eigenvalue weighted by molar-refractivity contribution is 0.423. The lowest BCUT2D eigenvalue weighted by Crippen LogP contribution is -2.20. The smallest absolute Gasteiger partial charge is 0.129 e. The molecule has 2 heterocycles. The molecule has 0 spiro atoms. The highest BCUT2D eigenvalue weighted by Crippen LogP contribution is 2.35. The fraction of sp³-hybridized carbons (Fsp3) is 0.583. The molecule has 0 radical (unpaired) electrons. The fourth-order valence-electron chi connectivity index (χ4n) is 2.17. The Morgan fingerprint density at radius 2 is 2.38 bits per heavy atom. The van der Waals surface area contributed by atoms with Crippen LogP contribution in [-0.2, 0) is 0 Å². The minimum Gasteiger partial charge on any atom is -0.397 e. The summed E-state index contributed by atoms with van der Waals surface area (Å²) in [6.07, 6.45) is 1.25. The van der Waals surface area contributed by atoms with E-state index in [0.717, 1.165) is 29.9 Å². The third-order valence-electron chi connectivity index (χ3n) is 3.33. The van der Waals surface area contributed by atoms with Gasteiger partial charge in [-0.1, -0.05) is 13.8 Å². The van der Waals surface area contributed by atoms with Crippen molar-refractivity contribution in [1.82, 2.24) is 0 Å². The van der Waals surface area contributed by atoms with Gasteiger partial charge in [-0.15, -0.1) is 11.3 Å². The van der Waals surface area contributed by atoms with Crippen LogP contribution in [0.5, 0.6) is 0 Å². The molecule has 1 saturated heterocycles. The van der Waals surface area contributed by atoms with Crippen LogP contribution in [0.2, 0.25) is 0 Å². The second kappa shape index (κ2) is 4.34. The van der Waals surface area contributed by atoms with Gasteiger partial charge in [-0.25, -0.2) is 0 Å². The Labute approximate surface area is 100 Å². The standard InChI is InChI=1S/C12H17N3S/c1-8(2)9-3-4-15(7-9)12-5-10(14)11(6-13)16-12/h5,8-9H,3-4,7,14H2,1-2H3. The quantitative estimate of drug-likeness (QED) is 0.857. The molecule has 3 nitrogen and oxygen atoms in total. The van der Waals surface area contributed by atoms with Gasteiger partial charge in [0.15, 0.2) is 0 Å². The number of nitrogens with two attached hydrogens (primary N) is 1. The predicted molar refractivity (Wildman–Crippen MR) is 68.6 cm³/mol. The first kappa shape index (κ1) is 11.3. The van der Waals surface area contributed by atoms with Crippen molar-refractivity contribution in [3.63, 3.8) is 0 Å². The lowest BCUT2D eigenvalue weighted by Gasteiger charge is -2.17. The first-order valence-electron chi connectivity index (χ1n) is 5.66. The molecular formula is C12H17N3S. The normalized spacial score (nSPS) is 20.4. The van der Waals surface area contributed by atoms with Crippen molar-refractivity contribution >= 4 is 22.0 Å². The van der Waals surface area contributed by atoms with Gasteiger partial charge in [0.25, 0.3) is 0 Å². The molecule has 1 aliphatic rings. The summed E-state index contributed by atoms with van der Waals surface area (Å²) in [5, 5.41) is 10.0. The second-order valence-electron chi connectivity index (χ2n) is 4.72. The largest absolute Gasteiger partial charge is 0.397 e. The van der Waals surface area contributed by atoms with Gasteiger partial charge < -0.3 is 10.6 Å². The van der Waals surface area contributed by atoms with Crippen molar-refractivity contribution in [3.05, 3.63) is 10.9 Å². The van der Waals surface area contributed by atoms with Gasteiger partial charge in [0, 0.05) is 13.1 Å². The molecule has 1 fully saturated rings. The number of hydrogen-bond donors (Lipinski definition) is 1. The van der Waals surface area contributed by atoms with Crippen LogP contribution >= 0.6 is 11.3 Å². The van der Waals surface area contributed by atoms with E-state index in [-0.39, 0.29) is 0 Å². The maximum Gasteiger partial charge on any atom is 0.129 e. The number of rotatable bonds is 2. The van der Waals surface area contributed by atoms with Crippen molar-refractivity contribution in [1.29, 1.82) is 5.26 Å². The van der Waals surface area contributed by atoms with Crippen LogP contribution in [-0.4, -0.2) is 13.1 Å². The number of thiophene rings is 1. The van der Waals surface area contributed by atoms with Gasteiger partial charge >= 0.3 is 0 Å². The molecule has 0 aromatic carbocycles. The second-order valence-corrected chi connectivity index (χ2v) is 5.75. The van der Waals surface area contributed by atoms with Crippen LogP contribution < -0.4 is 10.6 Å². The minimum atomic E-state index is 0.621. The molecule has 4 heteroatoms. The first-order valence-corrected chi connectivity index (χ1v) is 6.47. The monoisotopic (exact) mass is 235 g/mol. The van der Waals surface area contributed by atoms with E-state index in [1.807, 2.05) is 6.07 Å². The Balaban J connectivity index is 2.12. The molecule has 1 aliphatic heterocycles. The molecule has 1 atom stereocenters. The Kier molecular flexibility index (Phi) is 3.06. The van der Waals surface area contributed by atoms with Gasteiger partial charge in [-0.3, -0.25) is 0 Å². The summed E-state index contributed by atoms with van der Waals surface area (Å²) in [6, 6.07) is 4.08. The van der Waals surface area contributed by atoms with Crippen LogP contribution in [0.25, 0.3) is 0 Å². The van der Waals surface area contributed by atoms with Crippen molar-refractivity contribution in [2.45, 2.75) is 20.3 Å². The SMILES string of the molecule is CC(C)C1CCN(c2cc(N)c(C#N)s2)C1. The van der Waals surface area contributed by atoms with Crippen LogP contribution in [0, 0.1) is 23.2 Å². The Morgan fingerprint density at radius 1 is 1.62 bits per heavy atom. The van der Waals surface area contributed by atoms with E-state index in [1.165, 1.54) is 17.8 Å². The predicted octanol–water partition coefficient (Wildman–Crippen LogP) is 2.68. The summed E-state index contributed by atoms with van der Waals surface area (Å²) >= 11 is 1.51. The van der Waals surface area contributed by atoms with E-state index in [1.54, 1.807) is 0 Å². The zero-order chi connectivity index (χ0) is 11.7. The van der Waals surface area contributed by atoms with E-state index >= 15 is 0 Å². The molecule has 86 valence electrons. The third-order valence-corrected chi connectivity index (χ3v) is 4.44. The average molecular weight is 235 g/mol. The molecule has 1 unspecified atom stereocenters. The number of anilines is 2. The molecular weight excluding hydrogens is 218 g/mol. The summed E-state index contributed by atoms with van der Waals surface area (Å²) in [4.78, 5) is 3.00. The summed E-state index contributed by atoms with van der Waals surface area (Å²) in [7, 11) is 0. The van der Waals surface area contributed by atoms with Crippen molar-refractivity contribution in [2.75, 3.05) is 23.7 Å². The summed E-state index contributed by atoms with van der Waals surface area (Å²) in [5.74, 6) is 1.51. The van der Waals surface area contributed by atoms with Crippen molar-refractivity contribution in [2.24, 2.45) is 11.8 Å². The van der Waals surface area contributed by atoms with Gasteiger partial charge in [-0.2, -0.15) is 5.26 Å². The maximum absolute atomic E-state index is 8.88. The summed E-state index contributed by atoms with van der Waals surface area (Å²) in [6.45, 7) is 6.74. The highest BCUT2D eigenvalue weighted by atomic mass is 32.1. The van der Waals surface area contributed by atoms with Crippen LogP contribution in [0.1, 0.15) is 25.1 Å². The maximum atomic E-state index is 8.88. The van der Waals surface area contributed by atoms with E-state index in [4.69, 9.17) is 11.0 Å². The number of hydrogen-bond acceptors (Lipinski definition) is 4.